The fraction of sp³-hybridized carbons (Fsp3) is 0.500. The lowest BCUT2D eigenvalue weighted by atomic mass is 9.95. The van der Waals surface area contributed by atoms with E-state index in [9.17, 15) is 0 Å². The number of aromatic nitrogens is 2. The van der Waals surface area contributed by atoms with Gasteiger partial charge in [-0.05, 0) is 44.2 Å². The smallest absolute Gasteiger partial charge is 0.0930 e. The first-order chi connectivity index (χ1) is 9.13. The van der Waals surface area contributed by atoms with Crippen LogP contribution in [0.1, 0.15) is 45.2 Å². The highest BCUT2D eigenvalue weighted by Gasteiger charge is 2.14. The van der Waals surface area contributed by atoms with Crippen molar-refractivity contribution in [2.24, 2.45) is 10.9 Å². The van der Waals surface area contributed by atoms with Crippen LogP contribution in [0, 0.1) is 5.92 Å². The summed E-state index contributed by atoms with van der Waals surface area (Å²) in [4.78, 5) is 4.71. The second-order valence-electron chi connectivity index (χ2n) is 5.91. The van der Waals surface area contributed by atoms with Gasteiger partial charge in [0.25, 0.3) is 0 Å². The van der Waals surface area contributed by atoms with Crippen molar-refractivity contribution in [2.75, 3.05) is 6.54 Å². The number of aliphatic imine (C=N–C) groups is 1. The molecule has 0 aliphatic carbocycles. The molecule has 1 aromatic carbocycles. The summed E-state index contributed by atoms with van der Waals surface area (Å²) in [5.41, 5.74) is 3.57. The van der Waals surface area contributed by atoms with Crippen molar-refractivity contribution in [1.82, 2.24) is 9.78 Å². The Morgan fingerprint density at radius 3 is 2.84 bits per heavy atom. The molecule has 0 amide bonds. The Bertz CT molecular complexity index is 622. The maximum Gasteiger partial charge on any atom is 0.0930 e. The predicted molar refractivity (Wildman–Crippen MR) is 79.9 cm³/mol. The first kappa shape index (κ1) is 12.4. The molecule has 2 aromatic rings. The van der Waals surface area contributed by atoms with E-state index in [4.69, 9.17) is 4.99 Å². The van der Waals surface area contributed by atoms with Crippen LogP contribution in [0.25, 0.3) is 10.9 Å². The molecule has 0 saturated carbocycles. The Hall–Kier alpha value is -1.64. The minimum atomic E-state index is 0.406. The second-order valence-corrected chi connectivity index (χ2v) is 5.91. The van der Waals surface area contributed by atoms with Crippen molar-refractivity contribution < 1.29 is 0 Å². The summed E-state index contributed by atoms with van der Waals surface area (Å²) in [6.07, 6.45) is 4.46. The number of fused-ring (bicyclic) bond motifs is 1. The number of hydrogen-bond acceptors (Lipinski definition) is 2. The summed E-state index contributed by atoms with van der Waals surface area (Å²) in [5, 5.41) is 5.85. The summed E-state index contributed by atoms with van der Waals surface area (Å²) < 4.78 is 2.03. The van der Waals surface area contributed by atoms with E-state index < -0.39 is 0 Å². The van der Waals surface area contributed by atoms with Crippen LogP contribution in [0.4, 0.5) is 0 Å². The van der Waals surface area contributed by atoms with Gasteiger partial charge in [-0.25, -0.2) is 0 Å². The quantitative estimate of drug-likeness (QED) is 0.802. The Morgan fingerprint density at radius 1 is 1.32 bits per heavy atom. The molecule has 100 valence electrons. The van der Waals surface area contributed by atoms with Crippen molar-refractivity contribution in [3.8, 4) is 0 Å². The van der Waals surface area contributed by atoms with Gasteiger partial charge in [0, 0.05) is 29.9 Å². The highest BCUT2D eigenvalue weighted by atomic mass is 15.3. The summed E-state index contributed by atoms with van der Waals surface area (Å²) in [7, 11) is 0. The largest absolute Gasteiger partial charge is 0.289 e. The van der Waals surface area contributed by atoms with Crippen LogP contribution in [-0.4, -0.2) is 22.0 Å². The lowest BCUT2D eigenvalue weighted by Crippen LogP contribution is -2.14. The highest BCUT2D eigenvalue weighted by molar-refractivity contribution is 6.03. The normalized spacial score (nSPS) is 20.0. The third kappa shape index (κ3) is 2.42. The van der Waals surface area contributed by atoms with E-state index in [2.05, 4.69) is 50.3 Å². The van der Waals surface area contributed by atoms with Crippen LogP contribution in [0.3, 0.4) is 0 Å². The van der Waals surface area contributed by atoms with Crippen molar-refractivity contribution in [3.63, 3.8) is 0 Å². The second kappa shape index (κ2) is 4.80. The Kier molecular flexibility index (Phi) is 3.13. The first-order valence-electron chi connectivity index (χ1n) is 7.16. The summed E-state index contributed by atoms with van der Waals surface area (Å²) >= 11 is 0. The topological polar surface area (TPSA) is 30.2 Å². The number of rotatable bonds is 2. The summed E-state index contributed by atoms with van der Waals surface area (Å²) in [6, 6.07) is 6.94. The van der Waals surface area contributed by atoms with Crippen LogP contribution in [0.5, 0.6) is 0 Å². The fourth-order valence-electron chi connectivity index (χ4n) is 2.53. The van der Waals surface area contributed by atoms with Gasteiger partial charge in [-0.3, -0.25) is 9.67 Å². The molecule has 1 aromatic heterocycles. The van der Waals surface area contributed by atoms with Gasteiger partial charge in [-0.2, -0.15) is 5.10 Å². The molecule has 0 fully saturated rings. The molecule has 0 radical (unpaired) electrons. The molecule has 19 heavy (non-hydrogen) atoms. The SMILES string of the molecule is CC1CCC(c2ccc3cn(C(C)C)nc3c2)=NC1. The fourth-order valence-corrected chi connectivity index (χ4v) is 2.53. The van der Waals surface area contributed by atoms with Crippen molar-refractivity contribution >= 4 is 16.6 Å². The maximum absolute atomic E-state index is 4.71. The monoisotopic (exact) mass is 255 g/mol. The number of hydrogen-bond donors (Lipinski definition) is 0. The molecule has 1 aliphatic rings. The molecule has 3 heteroatoms. The first-order valence-corrected chi connectivity index (χ1v) is 7.16. The summed E-state index contributed by atoms with van der Waals surface area (Å²) in [5.74, 6) is 0.729. The van der Waals surface area contributed by atoms with E-state index in [1.165, 1.54) is 23.1 Å². The Labute approximate surface area is 114 Å². The third-order valence-electron chi connectivity index (χ3n) is 3.86. The molecule has 3 nitrogen and oxygen atoms in total. The van der Waals surface area contributed by atoms with Gasteiger partial charge < -0.3 is 0 Å². The average molecular weight is 255 g/mol. The van der Waals surface area contributed by atoms with Crippen LogP contribution >= 0.6 is 0 Å². The van der Waals surface area contributed by atoms with E-state index in [1.807, 2.05) is 4.68 Å². The van der Waals surface area contributed by atoms with Crippen molar-refractivity contribution in [3.05, 3.63) is 30.0 Å². The van der Waals surface area contributed by atoms with Crippen molar-refractivity contribution in [2.45, 2.75) is 39.7 Å². The van der Waals surface area contributed by atoms with E-state index >= 15 is 0 Å². The van der Waals surface area contributed by atoms with Gasteiger partial charge in [0.05, 0.1) is 5.52 Å². The molecule has 2 heterocycles. The molecule has 0 bridgehead atoms. The van der Waals surface area contributed by atoms with Gasteiger partial charge >= 0.3 is 0 Å². The molecule has 0 saturated heterocycles. The zero-order valence-corrected chi connectivity index (χ0v) is 11.9. The van der Waals surface area contributed by atoms with E-state index in [1.54, 1.807) is 0 Å². The Balaban J connectivity index is 1.97. The molecule has 1 unspecified atom stereocenters. The van der Waals surface area contributed by atoms with Crippen molar-refractivity contribution in [1.29, 1.82) is 0 Å². The maximum atomic E-state index is 4.71. The van der Waals surface area contributed by atoms with Gasteiger partial charge in [0.2, 0.25) is 0 Å². The van der Waals surface area contributed by atoms with Gasteiger partial charge in [0.15, 0.2) is 0 Å². The van der Waals surface area contributed by atoms with Crippen LogP contribution in [0.15, 0.2) is 29.4 Å². The lowest BCUT2D eigenvalue weighted by molar-refractivity contribution is 0.537. The minimum Gasteiger partial charge on any atom is -0.289 e. The molecule has 3 rings (SSSR count). The Morgan fingerprint density at radius 2 is 2.16 bits per heavy atom. The van der Waals surface area contributed by atoms with Gasteiger partial charge in [0.1, 0.15) is 0 Å². The average Bonchev–Trinajstić information content (AvgIpc) is 2.82. The standard InChI is InChI=1S/C16H21N3/c1-11(2)19-10-14-6-5-13(8-16(14)18-19)15-7-4-12(3)9-17-15/h5-6,8,10-12H,4,7,9H2,1-3H3. The van der Waals surface area contributed by atoms with E-state index in [-0.39, 0.29) is 0 Å². The van der Waals surface area contributed by atoms with Crippen LogP contribution < -0.4 is 0 Å². The van der Waals surface area contributed by atoms with Gasteiger partial charge in [-0.15, -0.1) is 0 Å². The van der Waals surface area contributed by atoms with Gasteiger partial charge in [-0.1, -0.05) is 19.1 Å². The molecule has 0 N–H and O–H groups in total. The lowest BCUT2D eigenvalue weighted by Gasteiger charge is -2.17. The zero-order valence-electron chi connectivity index (χ0n) is 11.9. The predicted octanol–water partition coefficient (Wildman–Crippen LogP) is 3.84. The highest BCUT2D eigenvalue weighted by Crippen LogP contribution is 2.21. The molecule has 1 aliphatic heterocycles. The number of nitrogens with zero attached hydrogens (tertiary/aromatic N) is 3. The third-order valence-corrected chi connectivity index (χ3v) is 3.86. The van der Waals surface area contributed by atoms with Crippen LogP contribution in [0.2, 0.25) is 0 Å². The molecule has 0 spiro atoms. The zero-order chi connectivity index (χ0) is 13.4. The summed E-state index contributed by atoms with van der Waals surface area (Å²) in [6.45, 7) is 7.54. The molecular formula is C16H21N3. The minimum absolute atomic E-state index is 0.406. The molecule has 1 atom stereocenters. The van der Waals surface area contributed by atoms with E-state index in [0.717, 1.165) is 24.4 Å². The van der Waals surface area contributed by atoms with E-state index in [0.29, 0.717) is 6.04 Å². The molecular weight excluding hydrogens is 234 g/mol. The van der Waals surface area contributed by atoms with Crippen LogP contribution in [-0.2, 0) is 0 Å². The number of benzene rings is 1.